The van der Waals surface area contributed by atoms with E-state index in [0.717, 1.165) is 0 Å². The molecule has 1 aromatic rings. The second kappa shape index (κ2) is 1.56. The molecule has 0 saturated heterocycles. The van der Waals surface area contributed by atoms with Gasteiger partial charge in [-0.3, -0.25) is 0 Å². The van der Waals surface area contributed by atoms with Crippen LogP contribution in [0.2, 0.25) is 0 Å². The third-order valence-electron chi connectivity index (χ3n) is 0.889. The molecule has 0 atom stereocenters. The molecule has 0 fully saturated rings. The molecule has 6 N–H and O–H groups in total. The van der Waals surface area contributed by atoms with Crippen LogP contribution in [0.15, 0.2) is 5.38 Å². The fraction of sp³-hybridized carbons (Fsp3) is 0. The summed E-state index contributed by atoms with van der Waals surface area (Å²) in [5, 5.41) is 2.33. The van der Waals surface area contributed by atoms with Gasteiger partial charge in [-0.1, -0.05) is 0 Å². The van der Waals surface area contributed by atoms with Gasteiger partial charge in [0.05, 0.1) is 11.4 Å². The summed E-state index contributed by atoms with van der Waals surface area (Å²) in [4.78, 5) is 0. The van der Waals surface area contributed by atoms with Gasteiger partial charge in [0.25, 0.3) is 0 Å². The first kappa shape index (κ1) is 5.24. The van der Waals surface area contributed by atoms with Crippen LogP contribution in [0.3, 0.4) is 0 Å². The van der Waals surface area contributed by atoms with Crippen molar-refractivity contribution in [3.05, 3.63) is 5.38 Å². The van der Waals surface area contributed by atoms with E-state index in [1.807, 2.05) is 0 Å². The largest absolute Gasteiger partial charge is 0.396 e. The van der Waals surface area contributed by atoms with Gasteiger partial charge in [0.15, 0.2) is 0 Å². The van der Waals surface area contributed by atoms with Gasteiger partial charge in [0, 0.05) is 5.38 Å². The van der Waals surface area contributed by atoms with E-state index in [9.17, 15) is 0 Å². The Kier molecular flexibility index (Phi) is 1.02. The minimum atomic E-state index is 0.509. The summed E-state index contributed by atoms with van der Waals surface area (Å²) in [6.07, 6.45) is 0. The molecule has 1 rings (SSSR count). The number of hydrogen-bond acceptors (Lipinski definition) is 4. The Labute approximate surface area is 51.1 Å². The Hall–Kier alpha value is -0.900. The van der Waals surface area contributed by atoms with E-state index in [0.29, 0.717) is 16.4 Å². The third-order valence-corrected chi connectivity index (χ3v) is 1.73. The summed E-state index contributed by atoms with van der Waals surface area (Å²) in [6.45, 7) is 0. The molecule has 0 aliphatic carbocycles. The highest BCUT2D eigenvalue weighted by atomic mass is 32.1. The minimum absolute atomic E-state index is 0.509. The molecule has 0 amide bonds. The molecule has 0 bridgehead atoms. The zero-order valence-electron chi connectivity index (χ0n) is 4.22. The fourth-order valence-electron chi connectivity index (χ4n) is 0.396. The van der Waals surface area contributed by atoms with Gasteiger partial charge >= 0.3 is 0 Å². The third kappa shape index (κ3) is 0.586. The molecule has 8 heavy (non-hydrogen) atoms. The molecule has 0 radical (unpaired) electrons. The van der Waals surface area contributed by atoms with Crippen LogP contribution >= 0.6 is 11.3 Å². The van der Waals surface area contributed by atoms with Crippen LogP contribution in [0.5, 0.6) is 0 Å². The van der Waals surface area contributed by atoms with Crippen LogP contribution in [0, 0.1) is 0 Å². The first-order valence-electron chi connectivity index (χ1n) is 2.09. The molecule has 0 aromatic carbocycles. The van der Waals surface area contributed by atoms with Crippen molar-refractivity contribution in [3.8, 4) is 0 Å². The monoisotopic (exact) mass is 129 g/mol. The second-order valence-electron chi connectivity index (χ2n) is 1.47. The van der Waals surface area contributed by atoms with Crippen molar-refractivity contribution in [1.82, 2.24) is 0 Å². The molecule has 0 unspecified atom stereocenters. The summed E-state index contributed by atoms with van der Waals surface area (Å²) in [6, 6.07) is 0. The summed E-state index contributed by atoms with van der Waals surface area (Å²) in [7, 11) is 0. The average molecular weight is 129 g/mol. The van der Waals surface area contributed by atoms with Gasteiger partial charge in [-0.05, 0) is 0 Å². The van der Waals surface area contributed by atoms with E-state index in [1.54, 1.807) is 5.38 Å². The molecule has 44 valence electrons. The van der Waals surface area contributed by atoms with E-state index in [1.165, 1.54) is 11.3 Å². The van der Waals surface area contributed by atoms with Crippen LogP contribution in [-0.4, -0.2) is 0 Å². The van der Waals surface area contributed by atoms with Gasteiger partial charge < -0.3 is 17.2 Å². The number of anilines is 3. The smallest absolute Gasteiger partial charge is 0.111 e. The maximum absolute atomic E-state index is 5.36. The Bertz CT molecular complexity index is 174. The molecule has 1 aromatic heterocycles. The lowest BCUT2D eigenvalue weighted by atomic mass is 10.4. The topological polar surface area (TPSA) is 78.1 Å². The number of hydrogen-bond donors (Lipinski definition) is 3. The predicted molar refractivity (Wildman–Crippen MR) is 37.6 cm³/mol. The highest BCUT2D eigenvalue weighted by Crippen LogP contribution is 2.28. The number of rotatable bonds is 0. The van der Waals surface area contributed by atoms with Gasteiger partial charge in [-0.25, -0.2) is 0 Å². The Balaban J connectivity index is 3.19. The van der Waals surface area contributed by atoms with E-state index in [2.05, 4.69) is 0 Å². The zero-order chi connectivity index (χ0) is 6.15. The first-order chi connectivity index (χ1) is 3.72. The fourth-order valence-corrected chi connectivity index (χ4v) is 1.02. The van der Waals surface area contributed by atoms with Crippen molar-refractivity contribution in [2.45, 2.75) is 0 Å². The first-order valence-corrected chi connectivity index (χ1v) is 2.97. The second-order valence-corrected chi connectivity index (χ2v) is 2.38. The summed E-state index contributed by atoms with van der Waals surface area (Å²) >= 11 is 1.36. The highest BCUT2D eigenvalue weighted by molar-refractivity contribution is 7.15. The Morgan fingerprint density at radius 2 is 1.88 bits per heavy atom. The number of nitrogen functional groups attached to an aromatic ring is 3. The molecule has 3 nitrogen and oxygen atoms in total. The minimum Gasteiger partial charge on any atom is -0.396 e. The van der Waals surface area contributed by atoms with Crippen LogP contribution in [0.25, 0.3) is 0 Å². The van der Waals surface area contributed by atoms with Crippen molar-refractivity contribution in [2.75, 3.05) is 17.2 Å². The highest BCUT2D eigenvalue weighted by Gasteiger charge is 1.98. The average Bonchev–Trinajstić information content (AvgIpc) is 1.98. The normalized spacial score (nSPS) is 9.50. The van der Waals surface area contributed by atoms with Crippen molar-refractivity contribution in [3.63, 3.8) is 0 Å². The molecular weight excluding hydrogens is 122 g/mol. The van der Waals surface area contributed by atoms with Crippen molar-refractivity contribution in [1.29, 1.82) is 0 Å². The van der Waals surface area contributed by atoms with Crippen molar-refractivity contribution >= 4 is 27.7 Å². The Morgan fingerprint density at radius 1 is 1.25 bits per heavy atom. The molecule has 4 heteroatoms. The maximum Gasteiger partial charge on any atom is 0.111 e. The summed E-state index contributed by atoms with van der Waals surface area (Å²) in [5.41, 5.74) is 17.1. The van der Waals surface area contributed by atoms with Gasteiger partial charge in [0.1, 0.15) is 5.00 Å². The number of thiophene rings is 1. The predicted octanol–water partition coefficient (Wildman–Crippen LogP) is 0.495. The molecule has 0 aliphatic rings. The van der Waals surface area contributed by atoms with Crippen LogP contribution < -0.4 is 17.2 Å². The van der Waals surface area contributed by atoms with Gasteiger partial charge in [-0.15, -0.1) is 11.3 Å². The Morgan fingerprint density at radius 3 is 2.00 bits per heavy atom. The molecule has 1 heterocycles. The molecule has 0 saturated carbocycles. The quantitative estimate of drug-likeness (QED) is 0.477. The molecular formula is C4H7N3S. The van der Waals surface area contributed by atoms with E-state index in [4.69, 9.17) is 17.2 Å². The lowest BCUT2D eigenvalue weighted by molar-refractivity contribution is 1.80. The van der Waals surface area contributed by atoms with Crippen LogP contribution in [0.1, 0.15) is 0 Å². The molecule has 0 aliphatic heterocycles. The summed E-state index contributed by atoms with van der Waals surface area (Å²) in [5.74, 6) is 0. The standard InChI is InChI=1S/C4H7N3S/c5-2-1-8-4(7)3(2)6/h1H,5-7H2. The van der Waals surface area contributed by atoms with E-state index >= 15 is 0 Å². The SMILES string of the molecule is Nc1csc(N)c1N. The maximum atomic E-state index is 5.36. The van der Waals surface area contributed by atoms with E-state index < -0.39 is 0 Å². The van der Waals surface area contributed by atoms with Crippen molar-refractivity contribution < 1.29 is 0 Å². The lowest BCUT2D eigenvalue weighted by Crippen LogP contribution is -1.92. The lowest BCUT2D eigenvalue weighted by Gasteiger charge is -1.87. The van der Waals surface area contributed by atoms with Crippen LogP contribution in [0.4, 0.5) is 16.4 Å². The van der Waals surface area contributed by atoms with Gasteiger partial charge in [0.2, 0.25) is 0 Å². The van der Waals surface area contributed by atoms with E-state index in [-0.39, 0.29) is 0 Å². The van der Waals surface area contributed by atoms with Crippen molar-refractivity contribution in [2.24, 2.45) is 0 Å². The number of nitrogens with two attached hydrogens (primary N) is 3. The van der Waals surface area contributed by atoms with Crippen LogP contribution in [-0.2, 0) is 0 Å². The zero-order valence-corrected chi connectivity index (χ0v) is 5.03. The summed E-state index contributed by atoms with van der Waals surface area (Å²) < 4.78 is 0. The molecule has 0 spiro atoms. The van der Waals surface area contributed by atoms with Gasteiger partial charge in [-0.2, -0.15) is 0 Å².